The maximum absolute atomic E-state index is 13.4. The van der Waals surface area contributed by atoms with Crippen LogP contribution >= 0.6 is 0 Å². The van der Waals surface area contributed by atoms with E-state index in [1.165, 1.54) is 0 Å². The lowest BCUT2D eigenvalue weighted by molar-refractivity contribution is -0.127. The van der Waals surface area contributed by atoms with E-state index >= 15 is 0 Å². The van der Waals surface area contributed by atoms with E-state index < -0.39 is 29.5 Å². The highest BCUT2D eigenvalue weighted by molar-refractivity contribution is 5.99. The van der Waals surface area contributed by atoms with E-state index in [0.717, 1.165) is 17.5 Å². The molecule has 1 aromatic carbocycles. The van der Waals surface area contributed by atoms with Crippen molar-refractivity contribution in [1.29, 1.82) is 5.26 Å². The highest BCUT2D eigenvalue weighted by atomic mass is 16.4. The van der Waals surface area contributed by atoms with Gasteiger partial charge in [-0.25, -0.2) is 4.79 Å². The van der Waals surface area contributed by atoms with E-state index in [9.17, 15) is 19.2 Å². The average molecular weight is 510 g/mol. The van der Waals surface area contributed by atoms with Crippen molar-refractivity contribution in [1.82, 2.24) is 20.4 Å². The SMILES string of the molecule is CC(C)C[C@H](NC(=O)[C@@H]1CCCC[C@@H]1NC(=O)c1ccc(C#N)cc1)C(=O)c1nn(CC(C)C)c(=O)o1. The molecule has 10 heteroatoms. The number of nitrogens with zero attached hydrogens (tertiary/aromatic N) is 3. The Hall–Kier alpha value is -3.74. The summed E-state index contributed by atoms with van der Waals surface area (Å²) in [6, 6.07) is 7.02. The third-order valence-electron chi connectivity index (χ3n) is 6.39. The Morgan fingerprint density at radius 3 is 2.41 bits per heavy atom. The summed E-state index contributed by atoms with van der Waals surface area (Å²) < 4.78 is 6.25. The molecule has 1 aliphatic carbocycles. The zero-order valence-electron chi connectivity index (χ0n) is 21.8. The monoisotopic (exact) mass is 509 g/mol. The van der Waals surface area contributed by atoms with Gasteiger partial charge in [0, 0.05) is 11.6 Å². The Morgan fingerprint density at radius 2 is 1.78 bits per heavy atom. The Bertz CT molecular complexity index is 1210. The minimum atomic E-state index is -0.908. The Kier molecular flexibility index (Phi) is 9.39. The van der Waals surface area contributed by atoms with Gasteiger partial charge in [0.2, 0.25) is 11.7 Å². The summed E-state index contributed by atoms with van der Waals surface area (Å²) in [4.78, 5) is 51.6. The molecule has 2 N–H and O–H groups in total. The Balaban J connectivity index is 1.74. The van der Waals surface area contributed by atoms with E-state index in [1.54, 1.807) is 24.3 Å². The summed E-state index contributed by atoms with van der Waals surface area (Å²) in [5.74, 6) is -2.50. The second-order valence-electron chi connectivity index (χ2n) is 10.5. The number of rotatable bonds is 10. The third kappa shape index (κ3) is 7.38. The zero-order chi connectivity index (χ0) is 27.1. The smallest absolute Gasteiger partial charge is 0.384 e. The topological polar surface area (TPSA) is 147 Å². The number of nitriles is 1. The summed E-state index contributed by atoms with van der Waals surface area (Å²) in [6.45, 7) is 8.03. The predicted molar refractivity (Wildman–Crippen MR) is 136 cm³/mol. The fourth-order valence-corrected chi connectivity index (χ4v) is 4.56. The van der Waals surface area contributed by atoms with Crippen LogP contribution in [0.15, 0.2) is 33.5 Å². The van der Waals surface area contributed by atoms with Crippen LogP contribution in [0.5, 0.6) is 0 Å². The second kappa shape index (κ2) is 12.5. The summed E-state index contributed by atoms with van der Waals surface area (Å²) in [7, 11) is 0. The first-order valence-electron chi connectivity index (χ1n) is 12.8. The standard InChI is InChI=1S/C27H35N5O5/c1-16(2)13-22(23(33)26-31-32(15-17(3)4)27(36)37-26)30-25(35)20-7-5-6-8-21(20)29-24(34)19-11-9-18(14-28)10-12-19/h9-12,16-17,20-22H,5-8,13,15H2,1-4H3,(H,29,34)(H,30,35)/t20-,21+,22+/m1/s1. The van der Waals surface area contributed by atoms with Crippen LogP contribution < -0.4 is 16.4 Å². The van der Waals surface area contributed by atoms with Crippen LogP contribution in [-0.4, -0.2) is 39.5 Å². The normalized spacial score (nSPS) is 18.3. The minimum absolute atomic E-state index is 0.0805. The van der Waals surface area contributed by atoms with Crippen molar-refractivity contribution >= 4 is 17.6 Å². The molecule has 0 spiro atoms. The lowest BCUT2D eigenvalue weighted by atomic mass is 9.83. The van der Waals surface area contributed by atoms with Gasteiger partial charge in [-0.2, -0.15) is 9.94 Å². The van der Waals surface area contributed by atoms with Crippen molar-refractivity contribution in [2.45, 2.75) is 78.4 Å². The van der Waals surface area contributed by atoms with Crippen LogP contribution in [0.1, 0.15) is 86.4 Å². The number of Topliss-reactive ketones (excluding diaryl/α,β-unsaturated/α-hetero) is 1. The molecular formula is C27H35N5O5. The first-order valence-corrected chi connectivity index (χ1v) is 12.8. The summed E-state index contributed by atoms with van der Waals surface area (Å²) in [5, 5.41) is 18.8. The first kappa shape index (κ1) is 27.8. The maximum Gasteiger partial charge on any atom is 0.437 e. The van der Waals surface area contributed by atoms with Crippen molar-refractivity contribution < 1.29 is 18.8 Å². The molecule has 3 atom stereocenters. The molecule has 0 radical (unpaired) electrons. The molecule has 2 amide bonds. The molecule has 37 heavy (non-hydrogen) atoms. The van der Waals surface area contributed by atoms with Gasteiger partial charge < -0.3 is 15.1 Å². The molecule has 0 saturated heterocycles. The average Bonchev–Trinajstić information content (AvgIpc) is 3.22. The molecule has 1 saturated carbocycles. The van der Waals surface area contributed by atoms with Crippen LogP contribution in [0.2, 0.25) is 0 Å². The fourth-order valence-electron chi connectivity index (χ4n) is 4.56. The van der Waals surface area contributed by atoms with Gasteiger partial charge in [0.1, 0.15) is 0 Å². The van der Waals surface area contributed by atoms with Crippen LogP contribution in [0, 0.1) is 29.1 Å². The Morgan fingerprint density at radius 1 is 1.11 bits per heavy atom. The van der Waals surface area contributed by atoms with E-state index in [0.29, 0.717) is 36.9 Å². The molecule has 1 aromatic heterocycles. The second-order valence-corrected chi connectivity index (χ2v) is 10.5. The van der Waals surface area contributed by atoms with Crippen LogP contribution in [0.4, 0.5) is 0 Å². The number of nitrogens with one attached hydrogen (secondary N) is 2. The van der Waals surface area contributed by atoms with Gasteiger partial charge >= 0.3 is 5.76 Å². The number of hydrogen-bond acceptors (Lipinski definition) is 7. The van der Waals surface area contributed by atoms with E-state index in [2.05, 4.69) is 15.7 Å². The summed E-state index contributed by atoms with van der Waals surface area (Å²) >= 11 is 0. The number of hydrogen-bond donors (Lipinski definition) is 2. The molecule has 1 heterocycles. The largest absolute Gasteiger partial charge is 0.437 e. The summed E-state index contributed by atoms with van der Waals surface area (Å²) in [6.07, 6.45) is 3.26. The van der Waals surface area contributed by atoms with Gasteiger partial charge in [-0.3, -0.25) is 14.4 Å². The van der Waals surface area contributed by atoms with E-state index in [1.807, 2.05) is 33.8 Å². The summed E-state index contributed by atoms with van der Waals surface area (Å²) in [5.41, 5.74) is 0.862. The van der Waals surface area contributed by atoms with Gasteiger partial charge in [0.05, 0.1) is 30.1 Å². The zero-order valence-corrected chi connectivity index (χ0v) is 21.8. The molecule has 0 aliphatic heterocycles. The molecule has 1 fully saturated rings. The number of carbonyl (C=O) groups excluding carboxylic acids is 3. The van der Waals surface area contributed by atoms with Crippen molar-refractivity contribution in [3.8, 4) is 6.07 Å². The fraction of sp³-hybridized carbons (Fsp3) is 0.556. The molecule has 1 aliphatic rings. The molecule has 2 aromatic rings. The van der Waals surface area contributed by atoms with Gasteiger partial charge in [0.25, 0.3) is 11.8 Å². The number of carbonyl (C=O) groups is 3. The van der Waals surface area contributed by atoms with Gasteiger partial charge in [0.15, 0.2) is 0 Å². The van der Waals surface area contributed by atoms with Crippen molar-refractivity contribution in [2.24, 2.45) is 17.8 Å². The van der Waals surface area contributed by atoms with Crippen molar-refractivity contribution in [2.75, 3.05) is 0 Å². The highest BCUT2D eigenvalue weighted by Gasteiger charge is 2.35. The number of amides is 2. The lowest BCUT2D eigenvalue weighted by Crippen LogP contribution is -2.52. The van der Waals surface area contributed by atoms with E-state index in [4.69, 9.17) is 9.68 Å². The number of benzene rings is 1. The van der Waals surface area contributed by atoms with Crippen LogP contribution in [0.25, 0.3) is 0 Å². The lowest BCUT2D eigenvalue weighted by Gasteiger charge is -2.32. The van der Waals surface area contributed by atoms with Gasteiger partial charge in [-0.15, -0.1) is 5.10 Å². The van der Waals surface area contributed by atoms with Gasteiger partial charge in [-0.1, -0.05) is 40.5 Å². The van der Waals surface area contributed by atoms with Crippen molar-refractivity contribution in [3.63, 3.8) is 0 Å². The first-order chi connectivity index (χ1) is 17.6. The maximum atomic E-state index is 13.4. The third-order valence-corrected chi connectivity index (χ3v) is 6.39. The molecule has 0 bridgehead atoms. The van der Waals surface area contributed by atoms with Crippen LogP contribution in [-0.2, 0) is 11.3 Å². The van der Waals surface area contributed by atoms with E-state index in [-0.39, 0.29) is 29.5 Å². The molecule has 198 valence electrons. The predicted octanol–water partition coefficient (Wildman–Crippen LogP) is 3.07. The van der Waals surface area contributed by atoms with Crippen LogP contribution in [0.3, 0.4) is 0 Å². The molecule has 10 nitrogen and oxygen atoms in total. The van der Waals surface area contributed by atoms with Gasteiger partial charge in [-0.05, 0) is 55.4 Å². The molecular weight excluding hydrogens is 474 g/mol. The molecule has 3 rings (SSSR count). The highest BCUT2D eigenvalue weighted by Crippen LogP contribution is 2.26. The molecule has 0 unspecified atom stereocenters. The minimum Gasteiger partial charge on any atom is -0.384 e. The number of aromatic nitrogens is 2. The quantitative estimate of drug-likeness (QED) is 0.468. The van der Waals surface area contributed by atoms with Crippen molar-refractivity contribution in [3.05, 3.63) is 51.8 Å². The number of ketones is 1. The Labute approximate surface area is 216 Å².